The summed E-state index contributed by atoms with van der Waals surface area (Å²) >= 11 is 1.66. The topological polar surface area (TPSA) is 66.4 Å². The Morgan fingerprint density at radius 2 is 2.00 bits per heavy atom. The van der Waals surface area contributed by atoms with E-state index < -0.39 is 10.0 Å². The molecule has 0 amide bonds. The minimum Gasteiger partial charge on any atom is -0.355 e. The lowest BCUT2D eigenvalue weighted by molar-refractivity contribution is 0.437. The molecule has 1 saturated heterocycles. The van der Waals surface area contributed by atoms with Gasteiger partial charge in [0.2, 0.25) is 10.0 Å². The van der Waals surface area contributed by atoms with Crippen molar-refractivity contribution < 1.29 is 8.42 Å². The minimum absolute atomic E-state index is 0.507. The molecule has 0 saturated carbocycles. The summed E-state index contributed by atoms with van der Waals surface area (Å²) in [5, 5.41) is 1.06. The van der Waals surface area contributed by atoms with Crippen molar-refractivity contribution in [1.82, 2.24) is 14.3 Å². The van der Waals surface area contributed by atoms with Crippen molar-refractivity contribution in [3.05, 3.63) is 17.3 Å². The van der Waals surface area contributed by atoms with Gasteiger partial charge >= 0.3 is 0 Å². The van der Waals surface area contributed by atoms with Gasteiger partial charge in [0.05, 0.1) is 11.6 Å². The molecule has 1 aliphatic heterocycles. The Morgan fingerprint density at radius 3 is 2.76 bits per heavy atom. The first-order valence-corrected chi connectivity index (χ1v) is 9.53. The molecule has 0 spiro atoms. The molecule has 0 atom stereocenters. The Hall–Kier alpha value is -1.25. The van der Waals surface area contributed by atoms with E-state index in [2.05, 4.69) is 27.9 Å². The molecular weight excluding hydrogens is 308 g/mol. The molecule has 3 rings (SSSR count). The van der Waals surface area contributed by atoms with Crippen molar-refractivity contribution in [1.29, 1.82) is 0 Å². The third-order valence-electron chi connectivity index (χ3n) is 3.65. The molecule has 1 aliphatic rings. The summed E-state index contributed by atoms with van der Waals surface area (Å²) < 4.78 is 24.9. The van der Waals surface area contributed by atoms with Gasteiger partial charge in [-0.05, 0) is 19.4 Å². The van der Waals surface area contributed by atoms with E-state index >= 15 is 0 Å². The van der Waals surface area contributed by atoms with Gasteiger partial charge in [-0.3, -0.25) is 0 Å². The zero-order valence-corrected chi connectivity index (χ0v) is 13.7. The standard InChI is InChI=1S/C13H18N4O2S2/c1-10-8-11-12(14-9-15-13(11)20-10)16-4-3-5-17(7-6-16)21(2,18)19/h8-9H,3-7H2,1-2H3. The number of hydrogen-bond acceptors (Lipinski definition) is 6. The van der Waals surface area contributed by atoms with Gasteiger partial charge in [0.1, 0.15) is 17.0 Å². The SMILES string of the molecule is Cc1cc2c(N3CCCN(S(C)(=O)=O)CC3)ncnc2s1. The summed E-state index contributed by atoms with van der Waals surface area (Å²) in [5.41, 5.74) is 0. The van der Waals surface area contributed by atoms with Gasteiger partial charge in [-0.25, -0.2) is 22.7 Å². The van der Waals surface area contributed by atoms with Gasteiger partial charge in [0.15, 0.2) is 0 Å². The van der Waals surface area contributed by atoms with E-state index in [1.165, 1.54) is 11.1 Å². The molecule has 0 radical (unpaired) electrons. The molecule has 3 heterocycles. The minimum atomic E-state index is -3.12. The second-order valence-electron chi connectivity index (χ2n) is 5.28. The lowest BCUT2D eigenvalue weighted by atomic mass is 10.3. The number of hydrogen-bond donors (Lipinski definition) is 0. The Labute approximate surface area is 128 Å². The normalized spacial score (nSPS) is 18.1. The van der Waals surface area contributed by atoms with Crippen molar-refractivity contribution in [2.45, 2.75) is 13.3 Å². The second kappa shape index (κ2) is 5.51. The van der Waals surface area contributed by atoms with Crippen LogP contribution in [0.2, 0.25) is 0 Å². The van der Waals surface area contributed by atoms with Crippen LogP contribution in [-0.2, 0) is 10.0 Å². The number of anilines is 1. The number of thiophene rings is 1. The number of fused-ring (bicyclic) bond motifs is 1. The Bertz CT molecular complexity index is 757. The fraction of sp³-hybridized carbons (Fsp3) is 0.538. The van der Waals surface area contributed by atoms with E-state index in [9.17, 15) is 8.42 Å². The molecule has 114 valence electrons. The second-order valence-corrected chi connectivity index (χ2v) is 8.49. The molecule has 2 aromatic rings. The molecule has 1 fully saturated rings. The van der Waals surface area contributed by atoms with Crippen LogP contribution in [0.1, 0.15) is 11.3 Å². The molecular formula is C13H18N4O2S2. The Kier molecular flexibility index (Phi) is 3.85. The monoisotopic (exact) mass is 326 g/mol. The highest BCUT2D eigenvalue weighted by atomic mass is 32.2. The lowest BCUT2D eigenvalue weighted by Crippen LogP contribution is -2.34. The fourth-order valence-electron chi connectivity index (χ4n) is 2.65. The Morgan fingerprint density at radius 1 is 1.19 bits per heavy atom. The summed E-state index contributed by atoms with van der Waals surface area (Å²) in [4.78, 5) is 13.1. The number of rotatable bonds is 2. The summed E-state index contributed by atoms with van der Waals surface area (Å²) in [6.07, 6.45) is 3.67. The lowest BCUT2D eigenvalue weighted by Gasteiger charge is -2.22. The predicted octanol–water partition coefficient (Wildman–Crippen LogP) is 1.47. The van der Waals surface area contributed by atoms with Gasteiger partial charge in [-0.1, -0.05) is 0 Å². The maximum Gasteiger partial charge on any atom is 0.211 e. The molecule has 8 heteroatoms. The van der Waals surface area contributed by atoms with Gasteiger partial charge in [0.25, 0.3) is 0 Å². The number of nitrogens with zero attached hydrogens (tertiary/aromatic N) is 4. The first kappa shape index (κ1) is 14.7. The van der Waals surface area contributed by atoms with E-state index in [4.69, 9.17) is 0 Å². The van der Waals surface area contributed by atoms with Crippen molar-refractivity contribution in [2.75, 3.05) is 37.3 Å². The highest BCUT2D eigenvalue weighted by Crippen LogP contribution is 2.30. The van der Waals surface area contributed by atoms with Gasteiger partial charge in [-0.15, -0.1) is 11.3 Å². The molecule has 21 heavy (non-hydrogen) atoms. The van der Waals surface area contributed by atoms with E-state index in [-0.39, 0.29) is 0 Å². The average Bonchev–Trinajstić information content (AvgIpc) is 2.63. The van der Waals surface area contributed by atoms with Crippen LogP contribution >= 0.6 is 11.3 Å². The third kappa shape index (κ3) is 3.02. The summed E-state index contributed by atoms with van der Waals surface area (Å²) in [7, 11) is -3.12. The van der Waals surface area contributed by atoms with Crippen LogP contribution in [0.4, 0.5) is 5.82 Å². The van der Waals surface area contributed by atoms with Crippen LogP contribution < -0.4 is 4.90 Å². The molecule has 0 bridgehead atoms. The van der Waals surface area contributed by atoms with E-state index in [0.29, 0.717) is 19.6 Å². The number of sulfonamides is 1. The zero-order chi connectivity index (χ0) is 15.0. The van der Waals surface area contributed by atoms with Crippen molar-refractivity contribution in [3.63, 3.8) is 0 Å². The molecule has 0 unspecified atom stereocenters. The highest BCUT2D eigenvalue weighted by Gasteiger charge is 2.23. The Balaban J connectivity index is 1.89. The highest BCUT2D eigenvalue weighted by molar-refractivity contribution is 7.88. The smallest absolute Gasteiger partial charge is 0.211 e. The van der Waals surface area contributed by atoms with Crippen molar-refractivity contribution >= 4 is 37.4 Å². The predicted molar refractivity (Wildman–Crippen MR) is 85.4 cm³/mol. The van der Waals surface area contributed by atoms with Gasteiger partial charge in [0, 0.05) is 31.1 Å². The van der Waals surface area contributed by atoms with Crippen LogP contribution in [0.5, 0.6) is 0 Å². The average molecular weight is 326 g/mol. The maximum atomic E-state index is 11.7. The first-order valence-electron chi connectivity index (χ1n) is 6.86. The van der Waals surface area contributed by atoms with Crippen LogP contribution in [-0.4, -0.2) is 55.1 Å². The van der Waals surface area contributed by atoms with E-state index in [1.54, 1.807) is 22.0 Å². The summed E-state index contributed by atoms with van der Waals surface area (Å²) in [6.45, 7) is 4.62. The molecule has 6 nitrogen and oxygen atoms in total. The number of aryl methyl sites for hydroxylation is 1. The molecule has 0 N–H and O–H groups in total. The fourth-order valence-corrected chi connectivity index (χ4v) is 4.37. The van der Waals surface area contributed by atoms with Gasteiger partial charge in [-0.2, -0.15) is 0 Å². The maximum absolute atomic E-state index is 11.7. The van der Waals surface area contributed by atoms with Crippen molar-refractivity contribution in [3.8, 4) is 0 Å². The van der Waals surface area contributed by atoms with Crippen LogP contribution in [0.25, 0.3) is 10.2 Å². The van der Waals surface area contributed by atoms with E-state index in [0.717, 1.165) is 29.0 Å². The largest absolute Gasteiger partial charge is 0.355 e. The molecule has 0 aliphatic carbocycles. The summed E-state index contributed by atoms with van der Waals surface area (Å²) in [5.74, 6) is 0.916. The van der Waals surface area contributed by atoms with Crippen LogP contribution in [0, 0.1) is 6.92 Å². The van der Waals surface area contributed by atoms with Crippen LogP contribution in [0.3, 0.4) is 0 Å². The zero-order valence-electron chi connectivity index (χ0n) is 12.1. The first-order chi connectivity index (χ1) is 9.95. The summed E-state index contributed by atoms with van der Waals surface area (Å²) in [6, 6.07) is 2.11. The molecule has 0 aromatic carbocycles. The van der Waals surface area contributed by atoms with Crippen molar-refractivity contribution in [2.24, 2.45) is 0 Å². The van der Waals surface area contributed by atoms with Crippen LogP contribution in [0.15, 0.2) is 12.4 Å². The quantitative estimate of drug-likeness (QED) is 0.836. The molecule has 2 aromatic heterocycles. The van der Waals surface area contributed by atoms with Gasteiger partial charge < -0.3 is 4.90 Å². The van der Waals surface area contributed by atoms with E-state index in [1.807, 2.05) is 0 Å². The number of aromatic nitrogens is 2. The third-order valence-corrected chi connectivity index (χ3v) is 5.92.